The van der Waals surface area contributed by atoms with E-state index in [4.69, 9.17) is 8.85 Å². The zero-order valence-electron chi connectivity index (χ0n) is 11.4. The van der Waals surface area contributed by atoms with Gasteiger partial charge >= 0.3 is 10.0 Å². The summed E-state index contributed by atoms with van der Waals surface area (Å²) in [7, 11) is 0.0110. The summed E-state index contributed by atoms with van der Waals surface area (Å²) in [5.74, 6) is 0.286. The molecule has 0 aliphatic rings. The SMILES string of the molecule is CCCO[Si]OC(C)(CCC)c1ccccc1O. The molecule has 0 saturated carbocycles. The van der Waals surface area contributed by atoms with Crippen molar-refractivity contribution in [1.82, 2.24) is 0 Å². The van der Waals surface area contributed by atoms with E-state index in [1.807, 2.05) is 25.1 Å². The van der Waals surface area contributed by atoms with Crippen LogP contribution in [-0.2, 0) is 14.5 Å². The highest BCUT2D eigenvalue weighted by Crippen LogP contribution is 2.35. The van der Waals surface area contributed by atoms with Crippen molar-refractivity contribution >= 4 is 10.0 Å². The molecular weight excluding hydrogens is 244 g/mol. The van der Waals surface area contributed by atoms with E-state index in [1.54, 1.807) is 6.07 Å². The largest absolute Gasteiger partial charge is 0.508 e. The average molecular weight is 266 g/mol. The molecule has 4 heteroatoms. The van der Waals surface area contributed by atoms with Gasteiger partial charge < -0.3 is 14.0 Å². The fourth-order valence-electron chi connectivity index (χ4n) is 1.90. The average Bonchev–Trinajstić information content (AvgIpc) is 2.35. The minimum Gasteiger partial charge on any atom is -0.508 e. The Hall–Kier alpha value is -0.843. The lowest BCUT2D eigenvalue weighted by molar-refractivity contribution is 0.0501. The highest BCUT2D eigenvalue weighted by molar-refractivity contribution is 6.18. The molecule has 1 unspecified atom stereocenters. The van der Waals surface area contributed by atoms with Crippen LogP contribution in [0.15, 0.2) is 24.3 Å². The summed E-state index contributed by atoms with van der Waals surface area (Å²) < 4.78 is 11.3. The standard InChI is InChI=1S/C14H22O3Si/c1-4-10-14(3,17-18-16-11-5-2)12-8-6-7-9-13(12)15/h6-9,15H,4-5,10-11H2,1-3H3. The first kappa shape index (κ1) is 15.2. The van der Waals surface area contributed by atoms with Crippen LogP contribution in [0.3, 0.4) is 0 Å². The third-order valence-corrected chi connectivity index (χ3v) is 3.69. The Labute approximate surface area is 112 Å². The van der Waals surface area contributed by atoms with Crippen molar-refractivity contribution in [1.29, 1.82) is 0 Å². The molecule has 2 radical (unpaired) electrons. The van der Waals surface area contributed by atoms with Crippen LogP contribution in [0, 0.1) is 0 Å². The molecule has 100 valence electrons. The van der Waals surface area contributed by atoms with E-state index in [0.717, 1.165) is 24.8 Å². The van der Waals surface area contributed by atoms with Crippen molar-refractivity contribution in [3.8, 4) is 5.75 Å². The lowest BCUT2D eigenvalue weighted by atomic mass is 9.91. The predicted octanol–water partition coefficient (Wildman–Crippen LogP) is 3.38. The summed E-state index contributed by atoms with van der Waals surface area (Å²) in [5.41, 5.74) is 0.353. The highest BCUT2D eigenvalue weighted by atomic mass is 28.3. The Morgan fingerprint density at radius 1 is 1.22 bits per heavy atom. The van der Waals surface area contributed by atoms with Gasteiger partial charge in [0.2, 0.25) is 0 Å². The summed E-state index contributed by atoms with van der Waals surface area (Å²) in [6.07, 6.45) is 2.83. The van der Waals surface area contributed by atoms with Crippen LogP contribution in [0.4, 0.5) is 0 Å². The zero-order valence-corrected chi connectivity index (χ0v) is 12.4. The number of benzene rings is 1. The quantitative estimate of drug-likeness (QED) is 0.579. The van der Waals surface area contributed by atoms with Gasteiger partial charge in [-0.1, -0.05) is 38.5 Å². The van der Waals surface area contributed by atoms with Crippen LogP contribution < -0.4 is 0 Å². The summed E-state index contributed by atoms with van der Waals surface area (Å²) in [6, 6.07) is 7.35. The molecule has 1 N–H and O–H groups in total. The van der Waals surface area contributed by atoms with Gasteiger partial charge in [0.15, 0.2) is 0 Å². The van der Waals surface area contributed by atoms with Gasteiger partial charge in [-0.25, -0.2) is 0 Å². The smallest absolute Gasteiger partial charge is 0.434 e. The van der Waals surface area contributed by atoms with E-state index >= 15 is 0 Å². The maximum atomic E-state index is 9.96. The van der Waals surface area contributed by atoms with Crippen LogP contribution >= 0.6 is 0 Å². The molecule has 0 amide bonds. The maximum Gasteiger partial charge on any atom is 0.434 e. The number of rotatable bonds is 8. The summed E-state index contributed by atoms with van der Waals surface area (Å²) >= 11 is 0. The van der Waals surface area contributed by atoms with Crippen molar-refractivity contribution in [3.05, 3.63) is 29.8 Å². The number of hydrogen-bond donors (Lipinski definition) is 1. The zero-order chi connectivity index (χ0) is 13.4. The Balaban J connectivity index is 2.76. The first-order valence-electron chi connectivity index (χ1n) is 6.47. The third-order valence-electron chi connectivity index (χ3n) is 2.83. The number of aromatic hydroxyl groups is 1. The van der Waals surface area contributed by atoms with E-state index in [9.17, 15) is 5.11 Å². The lowest BCUT2D eigenvalue weighted by Crippen LogP contribution is -2.29. The Morgan fingerprint density at radius 3 is 2.56 bits per heavy atom. The second kappa shape index (κ2) is 7.56. The van der Waals surface area contributed by atoms with Crippen LogP contribution in [0.1, 0.15) is 45.6 Å². The molecule has 1 rings (SSSR count). The molecule has 1 aromatic carbocycles. The van der Waals surface area contributed by atoms with Crippen LogP contribution in [0.25, 0.3) is 0 Å². The number of hydrogen-bond acceptors (Lipinski definition) is 3. The van der Waals surface area contributed by atoms with E-state index in [2.05, 4.69) is 13.8 Å². The first-order chi connectivity index (χ1) is 8.64. The van der Waals surface area contributed by atoms with E-state index in [0.29, 0.717) is 6.61 Å². The Morgan fingerprint density at radius 2 is 1.94 bits per heavy atom. The minimum atomic E-state index is -0.480. The summed E-state index contributed by atoms with van der Waals surface area (Å²) in [5, 5.41) is 9.96. The minimum absolute atomic E-state index is 0.0110. The second-order valence-electron chi connectivity index (χ2n) is 4.53. The number of phenolic OH excluding ortho intramolecular Hbond substituents is 1. The topological polar surface area (TPSA) is 38.7 Å². The molecule has 0 aromatic heterocycles. The summed E-state index contributed by atoms with van der Waals surface area (Å²) in [6.45, 7) is 6.89. The van der Waals surface area contributed by atoms with Crippen LogP contribution in [0.2, 0.25) is 0 Å². The van der Waals surface area contributed by atoms with Crippen molar-refractivity contribution in [3.63, 3.8) is 0 Å². The van der Waals surface area contributed by atoms with Crippen LogP contribution in [0.5, 0.6) is 5.75 Å². The van der Waals surface area contributed by atoms with Crippen molar-refractivity contribution in [2.75, 3.05) is 6.61 Å². The Kier molecular flexibility index (Phi) is 6.39. The van der Waals surface area contributed by atoms with Gasteiger partial charge in [-0.15, -0.1) is 0 Å². The van der Waals surface area contributed by atoms with Gasteiger partial charge in [0.25, 0.3) is 0 Å². The highest BCUT2D eigenvalue weighted by Gasteiger charge is 2.29. The van der Waals surface area contributed by atoms with Gasteiger partial charge in [0.1, 0.15) is 5.75 Å². The van der Waals surface area contributed by atoms with E-state index in [1.165, 1.54) is 0 Å². The molecular formula is C14H22O3Si. The molecule has 0 aliphatic heterocycles. The third kappa shape index (κ3) is 4.12. The molecule has 0 spiro atoms. The molecule has 0 heterocycles. The number of phenols is 1. The Bertz CT molecular complexity index is 357. The first-order valence-corrected chi connectivity index (χ1v) is 7.29. The molecule has 1 aromatic rings. The fraction of sp³-hybridized carbons (Fsp3) is 0.571. The molecule has 0 bridgehead atoms. The van der Waals surface area contributed by atoms with Crippen molar-refractivity contribution in [2.24, 2.45) is 0 Å². The van der Waals surface area contributed by atoms with Crippen LogP contribution in [-0.4, -0.2) is 21.7 Å². The normalized spacial score (nSPS) is 14.4. The maximum absolute atomic E-state index is 9.96. The monoisotopic (exact) mass is 266 g/mol. The summed E-state index contributed by atoms with van der Waals surface area (Å²) in [4.78, 5) is 0. The molecule has 3 nitrogen and oxygen atoms in total. The number of para-hydroxylation sites is 1. The van der Waals surface area contributed by atoms with Crippen molar-refractivity contribution in [2.45, 2.75) is 45.6 Å². The van der Waals surface area contributed by atoms with Gasteiger partial charge in [-0.3, -0.25) is 0 Å². The molecule has 0 aliphatic carbocycles. The van der Waals surface area contributed by atoms with Gasteiger partial charge in [-0.05, 0) is 25.8 Å². The molecule has 18 heavy (non-hydrogen) atoms. The van der Waals surface area contributed by atoms with E-state index < -0.39 is 5.60 Å². The van der Waals surface area contributed by atoms with Gasteiger partial charge in [-0.2, -0.15) is 0 Å². The van der Waals surface area contributed by atoms with E-state index in [-0.39, 0.29) is 15.8 Å². The molecule has 0 fully saturated rings. The van der Waals surface area contributed by atoms with Gasteiger partial charge in [0, 0.05) is 12.2 Å². The molecule has 0 saturated heterocycles. The predicted molar refractivity (Wildman–Crippen MR) is 73.4 cm³/mol. The van der Waals surface area contributed by atoms with Crippen molar-refractivity contribution < 1.29 is 14.0 Å². The lowest BCUT2D eigenvalue weighted by Gasteiger charge is -2.30. The van der Waals surface area contributed by atoms with Gasteiger partial charge in [0.05, 0.1) is 5.60 Å². The molecule has 1 atom stereocenters. The second-order valence-corrected chi connectivity index (χ2v) is 5.19. The fourth-order valence-corrected chi connectivity index (χ4v) is 2.65.